The molecule has 4 atom stereocenters. The van der Waals surface area contributed by atoms with E-state index in [2.05, 4.69) is 20.3 Å². The first-order chi connectivity index (χ1) is 13.1. The molecule has 1 saturated heterocycles. The minimum absolute atomic E-state index is 0.0614. The number of rotatable bonds is 6. The summed E-state index contributed by atoms with van der Waals surface area (Å²) in [7, 11) is -2.56. The second kappa shape index (κ2) is 7.56. The van der Waals surface area contributed by atoms with Gasteiger partial charge in [-0.15, -0.1) is 0 Å². The smallest absolute Gasteiger partial charge is 0.264 e. The third kappa shape index (κ3) is 3.90. The molecule has 3 heterocycles. The topological polar surface area (TPSA) is 175 Å². The zero-order valence-electron chi connectivity index (χ0n) is 15.1. The lowest BCUT2D eigenvalue weighted by atomic mass is 10.1. The first-order valence-corrected chi connectivity index (χ1v) is 9.85. The summed E-state index contributed by atoms with van der Waals surface area (Å²) in [5.41, 5.74) is 0.372. The molecule has 28 heavy (non-hydrogen) atoms. The molecule has 1 aliphatic heterocycles. The van der Waals surface area contributed by atoms with Crippen LogP contribution in [-0.2, 0) is 23.8 Å². The summed E-state index contributed by atoms with van der Waals surface area (Å²) < 4.78 is 39.8. The van der Waals surface area contributed by atoms with Crippen molar-refractivity contribution in [3.05, 3.63) is 6.33 Å². The van der Waals surface area contributed by atoms with Crippen LogP contribution in [0.5, 0.6) is 5.88 Å². The number of methoxy groups -OCH3 is 1. The Balaban J connectivity index is 2.04. The van der Waals surface area contributed by atoms with Gasteiger partial charge in [0.25, 0.3) is 10.1 Å². The van der Waals surface area contributed by atoms with E-state index in [1.54, 1.807) is 0 Å². The quantitative estimate of drug-likeness (QED) is 0.461. The molecule has 2 aromatic heterocycles. The molecule has 2 aromatic rings. The van der Waals surface area contributed by atoms with Crippen molar-refractivity contribution in [3.8, 4) is 5.88 Å². The molecule has 0 bridgehead atoms. The summed E-state index contributed by atoms with van der Waals surface area (Å²) in [6, 6.07) is 0. The SMILES string of the molecule is COc1nc(NC(C)=O)nc2c1ncn2[C@@H]1O[C@H](CO)[C@H](OS(C)(=O)=O)[C@H]1O. The predicted molar refractivity (Wildman–Crippen MR) is 92.9 cm³/mol. The zero-order chi connectivity index (χ0) is 20.6. The number of ether oxygens (including phenoxy) is 2. The van der Waals surface area contributed by atoms with Gasteiger partial charge in [-0.05, 0) is 0 Å². The van der Waals surface area contributed by atoms with Crippen LogP contribution in [0.2, 0.25) is 0 Å². The van der Waals surface area contributed by atoms with Gasteiger partial charge in [0, 0.05) is 6.92 Å². The fourth-order valence-corrected chi connectivity index (χ4v) is 3.49. The van der Waals surface area contributed by atoms with E-state index in [9.17, 15) is 23.4 Å². The number of fused-ring (bicyclic) bond motifs is 1. The van der Waals surface area contributed by atoms with Crippen LogP contribution < -0.4 is 10.1 Å². The third-order valence-corrected chi connectivity index (χ3v) is 4.49. The highest BCUT2D eigenvalue weighted by molar-refractivity contribution is 7.86. The number of carbonyl (C=O) groups excluding carboxylic acids is 1. The molecule has 1 fully saturated rings. The van der Waals surface area contributed by atoms with Crippen molar-refractivity contribution in [2.75, 3.05) is 25.3 Å². The van der Waals surface area contributed by atoms with Crippen molar-refractivity contribution in [1.29, 1.82) is 0 Å². The molecule has 0 saturated carbocycles. The minimum atomic E-state index is -3.92. The Labute approximate surface area is 159 Å². The maximum atomic E-state index is 11.5. The molecular weight excluding hydrogens is 398 g/mol. The highest BCUT2D eigenvalue weighted by Gasteiger charge is 2.47. The molecule has 154 valence electrons. The Kier molecular flexibility index (Phi) is 5.49. The summed E-state index contributed by atoms with van der Waals surface area (Å²) in [5.74, 6) is -0.400. The van der Waals surface area contributed by atoms with Crippen molar-refractivity contribution in [2.24, 2.45) is 0 Å². The highest BCUT2D eigenvalue weighted by Crippen LogP contribution is 2.35. The number of aromatic nitrogens is 4. The summed E-state index contributed by atoms with van der Waals surface area (Å²) in [5, 5.41) is 22.5. The van der Waals surface area contributed by atoms with Crippen LogP contribution in [0.15, 0.2) is 6.33 Å². The van der Waals surface area contributed by atoms with E-state index in [-0.39, 0.29) is 23.0 Å². The number of hydrogen-bond acceptors (Lipinski definition) is 11. The van der Waals surface area contributed by atoms with E-state index in [0.717, 1.165) is 6.26 Å². The van der Waals surface area contributed by atoms with Crippen molar-refractivity contribution >= 4 is 33.1 Å². The largest absolute Gasteiger partial charge is 0.479 e. The average molecular weight is 417 g/mol. The Morgan fingerprint density at radius 1 is 1.43 bits per heavy atom. The van der Waals surface area contributed by atoms with Gasteiger partial charge in [0.15, 0.2) is 17.4 Å². The van der Waals surface area contributed by atoms with E-state index >= 15 is 0 Å². The van der Waals surface area contributed by atoms with Crippen LogP contribution in [0.3, 0.4) is 0 Å². The van der Waals surface area contributed by atoms with E-state index < -0.39 is 47.2 Å². The molecule has 0 aromatic carbocycles. The standard InChI is InChI=1S/C14H19N5O8S/c1-6(21)16-14-17-11-8(12(18-14)25-2)15-5-19(11)13-9(22)10(7(4-20)26-13)27-28(3,23)24/h5,7,9-10,13,20,22H,4H2,1-3H3,(H,16,17,18,21)/t7-,9-,10+,13-/m1/s1. The monoisotopic (exact) mass is 417 g/mol. The van der Waals surface area contributed by atoms with E-state index in [0.29, 0.717) is 0 Å². The molecule has 0 radical (unpaired) electrons. The number of imidazole rings is 1. The molecule has 0 aliphatic carbocycles. The highest BCUT2D eigenvalue weighted by atomic mass is 32.2. The number of aliphatic hydroxyl groups is 2. The lowest BCUT2D eigenvalue weighted by Gasteiger charge is -2.18. The predicted octanol–water partition coefficient (Wildman–Crippen LogP) is -1.61. The van der Waals surface area contributed by atoms with Crippen molar-refractivity contribution in [1.82, 2.24) is 19.5 Å². The van der Waals surface area contributed by atoms with Gasteiger partial charge in [0.05, 0.1) is 26.3 Å². The van der Waals surface area contributed by atoms with Gasteiger partial charge < -0.3 is 19.7 Å². The van der Waals surface area contributed by atoms with Gasteiger partial charge in [-0.2, -0.15) is 18.4 Å². The second-order valence-electron chi connectivity index (χ2n) is 6.06. The van der Waals surface area contributed by atoms with Gasteiger partial charge in [0.2, 0.25) is 17.7 Å². The van der Waals surface area contributed by atoms with Gasteiger partial charge in [-0.1, -0.05) is 0 Å². The normalized spacial score (nSPS) is 25.2. The number of anilines is 1. The lowest BCUT2D eigenvalue weighted by Crippen LogP contribution is -2.37. The lowest BCUT2D eigenvalue weighted by molar-refractivity contribution is -0.114. The Hall–Kier alpha value is -2.39. The molecule has 0 spiro atoms. The zero-order valence-corrected chi connectivity index (χ0v) is 16.0. The van der Waals surface area contributed by atoms with Crippen LogP contribution >= 0.6 is 0 Å². The molecule has 1 aliphatic rings. The maximum Gasteiger partial charge on any atom is 0.264 e. The van der Waals surface area contributed by atoms with Gasteiger partial charge >= 0.3 is 0 Å². The fourth-order valence-electron chi connectivity index (χ4n) is 2.85. The van der Waals surface area contributed by atoms with Crippen molar-refractivity contribution < 1.29 is 37.1 Å². The van der Waals surface area contributed by atoms with Gasteiger partial charge in [0.1, 0.15) is 18.3 Å². The van der Waals surface area contributed by atoms with E-state index in [1.807, 2.05) is 0 Å². The number of nitrogens with one attached hydrogen (secondary N) is 1. The molecule has 1 amide bonds. The molecule has 14 heteroatoms. The number of hydrogen-bond donors (Lipinski definition) is 3. The number of aliphatic hydroxyl groups excluding tert-OH is 2. The average Bonchev–Trinajstić information content (AvgIpc) is 3.14. The van der Waals surface area contributed by atoms with Crippen LogP contribution in [0, 0.1) is 0 Å². The first kappa shape index (κ1) is 20.3. The van der Waals surface area contributed by atoms with Gasteiger partial charge in [-0.3, -0.25) is 18.9 Å². The summed E-state index contributed by atoms with van der Waals surface area (Å²) >= 11 is 0. The summed E-state index contributed by atoms with van der Waals surface area (Å²) in [4.78, 5) is 23.6. The number of nitrogens with zero attached hydrogens (tertiary/aromatic N) is 4. The minimum Gasteiger partial charge on any atom is -0.479 e. The van der Waals surface area contributed by atoms with Crippen molar-refractivity contribution in [2.45, 2.75) is 31.5 Å². The van der Waals surface area contributed by atoms with E-state index in [1.165, 1.54) is 24.9 Å². The van der Waals surface area contributed by atoms with Crippen molar-refractivity contribution in [3.63, 3.8) is 0 Å². The Bertz CT molecular complexity index is 993. The fraction of sp³-hybridized carbons (Fsp3) is 0.571. The molecule has 3 rings (SSSR count). The molecule has 0 unspecified atom stereocenters. The summed E-state index contributed by atoms with van der Waals surface area (Å²) in [6.07, 6.45) is -2.96. The van der Waals surface area contributed by atoms with Crippen LogP contribution in [0.4, 0.5) is 5.95 Å². The third-order valence-electron chi connectivity index (χ3n) is 3.92. The second-order valence-corrected chi connectivity index (χ2v) is 7.67. The Morgan fingerprint density at radius 2 is 2.14 bits per heavy atom. The number of amides is 1. The first-order valence-electron chi connectivity index (χ1n) is 8.03. The maximum absolute atomic E-state index is 11.5. The Morgan fingerprint density at radius 3 is 2.71 bits per heavy atom. The molecular formula is C14H19N5O8S. The van der Waals surface area contributed by atoms with Crippen LogP contribution in [0.1, 0.15) is 13.2 Å². The van der Waals surface area contributed by atoms with Gasteiger partial charge in [-0.25, -0.2) is 4.98 Å². The summed E-state index contributed by atoms with van der Waals surface area (Å²) in [6.45, 7) is 0.690. The van der Waals surface area contributed by atoms with E-state index in [4.69, 9.17) is 13.7 Å². The number of carbonyl (C=O) groups is 1. The molecule has 3 N–H and O–H groups in total. The molecule has 13 nitrogen and oxygen atoms in total. The van der Waals surface area contributed by atoms with Crippen LogP contribution in [0.25, 0.3) is 11.2 Å². The van der Waals surface area contributed by atoms with Crippen LogP contribution in [-0.4, -0.2) is 82.3 Å².